The summed E-state index contributed by atoms with van der Waals surface area (Å²) >= 11 is 7.27. The molecule has 94 valence electrons. The Kier molecular flexibility index (Phi) is 3.45. The Balaban J connectivity index is 1.60. The van der Waals surface area contributed by atoms with Crippen molar-refractivity contribution in [1.29, 1.82) is 0 Å². The first-order valence-corrected chi connectivity index (χ1v) is 6.98. The molecular weight excluding hydrogens is 270 g/mol. The van der Waals surface area contributed by atoms with Crippen LogP contribution in [-0.2, 0) is 6.54 Å². The fraction of sp³-hybridized carbons (Fsp3) is 0.333. The molecule has 6 heteroatoms. The van der Waals surface area contributed by atoms with Crippen molar-refractivity contribution < 1.29 is 4.74 Å². The van der Waals surface area contributed by atoms with Crippen LogP contribution in [-0.4, -0.2) is 16.2 Å². The van der Waals surface area contributed by atoms with Gasteiger partial charge in [0.2, 0.25) is 0 Å². The highest BCUT2D eigenvalue weighted by molar-refractivity contribution is 7.13. The number of nitrogens with zero attached hydrogens (tertiary/aromatic N) is 2. The van der Waals surface area contributed by atoms with Crippen LogP contribution in [0.3, 0.4) is 0 Å². The second kappa shape index (κ2) is 5.22. The van der Waals surface area contributed by atoms with E-state index in [1.165, 1.54) is 24.2 Å². The predicted octanol–water partition coefficient (Wildman–Crippen LogP) is 3.24. The molecule has 1 aromatic heterocycles. The largest absolute Gasteiger partial charge is 0.430 e. The number of nitrogens with one attached hydrogen (secondary N) is 1. The zero-order valence-electron chi connectivity index (χ0n) is 9.60. The molecule has 1 aromatic carbocycles. The Morgan fingerprint density at radius 2 is 2.06 bits per heavy atom. The van der Waals surface area contributed by atoms with Gasteiger partial charge in [-0.3, -0.25) is 0 Å². The van der Waals surface area contributed by atoms with Crippen LogP contribution >= 0.6 is 22.9 Å². The predicted molar refractivity (Wildman–Crippen MR) is 71.3 cm³/mol. The third kappa shape index (κ3) is 3.19. The van der Waals surface area contributed by atoms with Crippen molar-refractivity contribution in [2.45, 2.75) is 25.4 Å². The molecule has 1 aliphatic rings. The number of ether oxygens (including phenoxy) is 1. The SMILES string of the molecule is Clc1ccc(Oc2nnc(CNC3CC3)s2)cc1. The minimum absolute atomic E-state index is 0.560. The number of aromatic nitrogens is 2. The van der Waals surface area contributed by atoms with E-state index in [1.54, 1.807) is 12.1 Å². The van der Waals surface area contributed by atoms with Crippen molar-refractivity contribution in [3.8, 4) is 10.9 Å². The highest BCUT2D eigenvalue weighted by atomic mass is 35.5. The molecule has 0 saturated heterocycles. The molecule has 0 radical (unpaired) electrons. The molecule has 1 aliphatic carbocycles. The first-order chi connectivity index (χ1) is 8.79. The van der Waals surface area contributed by atoms with E-state index in [1.807, 2.05) is 12.1 Å². The van der Waals surface area contributed by atoms with Gasteiger partial charge in [-0.05, 0) is 37.1 Å². The van der Waals surface area contributed by atoms with Crippen LogP contribution in [0.5, 0.6) is 10.9 Å². The summed E-state index contributed by atoms with van der Waals surface area (Å²) in [4.78, 5) is 0. The Bertz CT molecular complexity index is 524. The third-order valence-corrected chi connectivity index (χ3v) is 3.64. The summed E-state index contributed by atoms with van der Waals surface area (Å²) in [6.45, 7) is 0.770. The van der Waals surface area contributed by atoms with Gasteiger partial charge in [0, 0.05) is 11.1 Å². The van der Waals surface area contributed by atoms with Gasteiger partial charge < -0.3 is 10.1 Å². The molecule has 2 aromatic rings. The summed E-state index contributed by atoms with van der Waals surface area (Å²) in [5.74, 6) is 0.720. The summed E-state index contributed by atoms with van der Waals surface area (Å²) in [6.07, 6.45) is 2.54. The van der Waals surface area contributed by atoms with Crippen LogP contribution in [0.15, 0.2) is 24.3 Å². The van der Waals surface area contributed by atoms with Crippen molar-refractivity contribution in [3.63, 3.8) is 0 Å². The Hall–Kier alpha value is -1.17. The summed E-state index contributed by atoms with van der Waals surface area (Å²) < 4.78 is 5.59. The molecule has 0 atom stereocenters. The fourth-order valence-electron chi connectivity index (χ4n) is 1.47. The van der Waals surface area contributed by atoms with Gasteiger partial charge in [0.1, 0.15) is 10.8 Å². The topological polar surface area (TPSA) is 47.0 Å². The summed E-state index contributed by atoms with van der Waals surface area (Å²) in [5.41, 5.74) is 0. The van der Waals surface area contributed by atoms with Gasteiger partial charge in [0.05, 0.1) is 6.54 Å². The van der Waals surface area contributed by atoms with Crippen molar-refractivity contribution >= 4 is 22.9 Å². The maximum Gasteiger partial charge on any atom is 0.299 e. The molecule has 1 fully saturated rings. The first kappa shape index (κ1) is 11.9. The molecule has 4 nitrogen and oxygen atoms in total. The van der Waals surface area contributed by atoms with E-state index in [9.17, 15) is 0 Å². The minimum Gasteiger partial charge on any atom is -0.430 e. The molecule has 0 bridgehead atoms. The van der Waals surface area contributed by atoms with Crippen molar-refractivity contribution in [3.05, 3.63) is 34.3 Å². The lowest BCUT2D eigenvalue weighted by Crippen LogP contribution is -2.14. The Morgan fingerprint density at radius 3 is 2.78 bits per heavy atom. The molecule has 1 saturated carbocycles. The number of hydrogen-bond donors (Lipinski definition) is 1. The number of rotatable bonds is 5. The van der Waals surface area contributed by atoms with Crippen LogP contribution in [0.2, 0.25) is 5.02 Å². The average Bonchev–Trinajstić information content (AvgIpc) is 3.10. The smallest absolute Gasteiger partial charge is 0.299 e. The van der Waals surface area contributed by atoms with Gasteiger partial charge in [-0.25, -0.2) is 0 Å². The van der Waals surface area contributed by atoms with Crippen LogP contribution in [0, 0.1) is 0 Å². The van der Waals surface area contributed by atoms with Gasteiger partial charge >= 0.3 is 0 Å². The second-order valence-corrected chi connectivity index (χ2v) is 5.63. The molecule has 3 rings (SSSR count). The van der Waals surface area contributed by atoms with Gasteiger partial charge in [-0.2, -0.15) is 0 Å². The standard InChI is InChI=1S/C12H12ClN3OS/c13-8-1-5-10(6-2-8)17-12-16-15-11(18-12)7-14-9-3-4-9/h1-2,5-6,9,14H,3-4,7H2. The summed E-state index contributed by atoms with van der Waals surface area (Å²) in [6, 6.07) is 7.87. The van der Waals surface area contributed by atoms with Crippen LogP contribution < -0.4 is 10.1 Å². The van der Waals surface area contributed by atoms with E-state index < -0.39 is 0 Å². The van der Waals surface area contributed by atoms with Crippen LogP contribution in [0.1, 0.15) is 17.8 Å². The zero-order chi connectivity index (χ0) is 12.4. The number of halogens is 1. The maximum absolute atomic E-state index is 5.81. The van der Waals surface area contributed by atoms with E-state index in [0.29, 0.717) is 16.3 Å². The van der Waals surface area contributed by atoms with E-state index in [4.69, 9.17) is 16.3 Å². The van der Waals surface area contributed by atoms with Gasteiger partial charge in [-0.1, -0.05) is 28.0 Å². The molecule has 0 aliphatic heterocycles. The second-order valence-electron chi connectivity index (χ2n) is 4.17. The quantitative estimate of drug-likeness (QED) is 0.914. The lowest BCUT2D eigenvalue weighted by Gasteiger charge is -1.99. The van der Waals surface area contributed by atoms with Gasteiger partial charge in [-0.15, -0.1) is 5.10 Å². The van der Waals surface area contributed by atoms with Crippen LogP contribution in [0.25, 0.3) is 0 Å². The van der Waals surface area contributed by atoms with E-state index in [-0.39, 0.29) is 0 Å². The van der Waals surface area contributed by atoms with Crippen LogP contribution in [0.4, 0.5) is 0 Å². The summed E-state index contributed by atoms with van der Waals surface area (Å²) in [5, 5.41) is 13.7. The minimum atomic E-state index is 0.560. The molecule has 0 spiro atoms. The lowest BCUT2D eigenvalue weighted by atomic mass is 10.3. The van der Waals surface area contributed by atoms with Crippen molar-refractivity contribution in [2.24, 2.45) is 0 Å². The molecule has 1 heterocycles. The molecule has 1 N–H and O–H groups in total. The molecular formula is C12H12ClN3OS. The van der Waals surface area contributed by atoms with E-state index >= 15 is 0 Å². The third-order valence-electron chi connectivity index (χ3n) is 2.59. The van der Waals surface area contributed by atoms with Gasteiger partial charge in [0.15, 0.2) is 0 Å². The zero-order valence-corrected chi connectivity index (χ0v) is 11.2. The maximum atomic E-state index is 5.81. The van der Waals surface area contributed by atoms with E-state index in [2.05, 4.69) is 15.5 Å². The average molecular weight is 282 g/mol. The molecule has 0 amide bonds. The van der Waals surface area contributed by atoms with Crippen molar-refractivity contribution in [2.75, 3.05) is 0 Å². The normalized spacial score (nSPS) is 14.7. The molecule has 0 unspecified atom stereocenters. The first-order valence-electron chi connectivity index (χ1n) is 5.79. The Labute approximate surface area is 114 Å². The monoisotopic (exact) mass is 281 g/mol. The Morgan fingerprint density at radius 1 is 1.28 bits per heavy atom. The highest BCUT2D eigenvalue weighted by Gasteiger charge is 2.20. The van der Waals surface area contributed by atoms with Crippen molar-refractivity contribution in [1.82, 2.24) is 15.5 Å². The number of hydrogen-bond acceptors (Lipinski definition) is 5. The van der Waals surface area contributed by atoms with E-state index in [0.717, 1.165) is 17.3 Å². The number of benzene rings is 1. The fourth-order valence-corrected chi connectivity index (χ4v) is 2.26. The lowest BCUT2D eigenvalue weighted by molar-refractivity contribution is 0.473. The summed E-state index contributed by atoms with van der Waals surface area (Å²) in [7, 11) is 0. The molecule has 18 heavy (non-hydrogen) atoms. The van der Waals surface area contributed by atoms with Gasteiger partial charge in [0.25, 0.3) is 5.19 Å². The highest BCUT2D eigenvalue weighted by Crippen LogP contribution is 2.26.